The van der Waals surface area contributed by atoms with Crippen LogP contribution in [0.4, 0.5) is 14.5 Å². The smallest absolute Gasteiger partial charge is 0.264 e. The zero-order chi connectivity index (χ0) is 17.3. The molecule has 1 aromatic heterocycles. The molecule has 0 atom stereocenters. The largest absolute Gasteiger partial charge is 0.279 e. The van der Waals surface area contributed by atoms with Crippen molar-refractivity contribution in [2.45, 2.75) is 11.8 Å². The van der Waals surface area contributed by atoms with Crippen LogP contribution >= 0.6 is 0 Å². The number of benzene rings is 2. The van der Waals surface area contributed by atoms with E-state index in [2.05, 4.69) is 20.2 Å². The molecule has 0 aliphatic heterocycles. The highest BCUT2D eigenvalue weighted by Crippen LogP contribution is 2.25. The SMILES string of the molecule is Cc1c(NS(=O)(=O)c2ccc(F)cc2F)cccc1-n1cnnn1. The van der Waals surface area contributed by atoms with E-state index in [1.165, 1.54) is 17.1 Å². The predicted octanol–water partition coefficient (Wildman–Crippen LogP) is 2.05. The highest BCUT2D eigenvalue weighted by molar-refractivity contribution is 7.92. The van der Waals surface area contributed by atoms with Crippen molar-refractivity contribution in [1.29, 1.82) is 0 Å². The first-order valence-corrected chi connectivity index (χ1v) is 8.17. The number of tetrazole rings is 1. The van der Waals surface area contributed by atoms with Gasteiger partial charge in [0.05, 0.1) is 11.4 Å². The number of nitrogens with one attached hydrogen (secondary N) is 1. The number of aromatic nitrogens is 4. The maximum atomic E-state index is 13.8. The van der Waals surface area contributed by atoms with Crippen molar-refractivity contribution in [2.24, 2.45) is 0 Å². The Morgan fingerprint density at radius 3 is 2.62 bits per heavy atom. The van der Waals surface area contributed by atoms with Gasteiger partial charge < -0.3 is 0 Å². The zero-order valence-electron chi connectivity index (χ0n) is 12.3. The molecule has 7 nitrogen and oxygen atoms in total. The Balaban J connectivity index is 2.00. The van der Waals surface area contributed by atoms with Crippen molar-refractivity contribution in [1.82, 2.24) is 20.2 Å². The predicted molar refractivity (Wildman–Crippen MR) is 81.1 cm³/mol. The van der Waals surface area contributed by atoms with E-state index in [0.717, 1.165) is 12.1 Å². The van der Waals surface area contributed by atoms with Crippen LogP contribution in [0.5, 0.6) is 0 Å². The third-order valence-electron chi connectivity index (χ3n) is 3.33. The lowest BCUT2D eigenvalue weighted by Gasteiger charge is -2.13. The van der Waals surface area contributed by atoms with E-state index in [0.29, 0.717) is 17.3 Å². The van der Waals surface area contributed by atoms with E-state index in [4.69, 9.17) is 0 Å². The molecule has 124 valence electrons. The molecule has 0 saturated heterocycles. The summed E-state index contributed by atoms with van der Waals surface area (Å²) in [4.78, 5) is -0.642. The summed E-state index contributed by atoms with van der Waals surface area (Å²) < 4.78 is 55.1. The molecule has 0 aliphatic carbocycles. The van der Waals surface area contributed by atoms with Crippen LogP contribution in [0.15, 0.2) is 47.6 Å². The monoisotopic (exact) mass is 351 g/mol. The summed E-state index contributed by atoms with van der Waals surface area (Å²) in [6.45, 7) is 1.66. The molecule has 3 aromatic rings. The van der Waals surface area contributed by atoms with Gasteiger partial charge in [0, 0.05) is 6.07 Å². The summed E-state index contributed by atoms with van der Waals surface area (Å²) in [5, 5.41) is 10.8. The van der Waals surface area contributed by atoms with Gasteiger partial charge in [-0.1, -0.05) is 6.07 Å². The standard InChI is InChI=1S/C14H11F2N5O2S/c1-9-12(3-2-4-13(9)21-8-17-19-20-21)18-24(22,23)14-6-5-10(15)7-11(14)16/h2-8,18H,1H3. The quantitative estimate of drug-likeness (QED) is 0.777. The maximum absolute atomic E-state index is 13.8. The summed E-state index contributed by atoms with van der Waals surface area (Å²) in [6, 6.07) is 7.07. The lowest BCUT2D eigenvalue weighted by Crippen LogP contribution is -2.16. The van der Waals surface area contributed by atoms with E-state index < -0.39 is 26.6 Å². The lowest BCUT2D eigenvalue weighted by molar-refractivity contribution is 0.551. The second-order valence-electron chi connectivity index (χ2n) is 4.88. The molecule has 0 saturated carbocycles. The molecule has 0 spiro atoms. The first kappa shape index (κ1) is 16.0. The lowest BCUT2D eigenvalue weighted by atomic mass is 10.1. The minimum absolute atomic E-state index is 0.228. The van der Waals surface area contributed by atoms with Crippen molar-refractivity contribution in [2.75, 3.05) is 4.72 Å². The number of hydrogen-bond donors (Lipinski definition) is 1. The first-order valence-electron chi connectivity index (χ1n) is 6.69. The topological polar surface area (TPSA) is 89.8 Å². The van der Waals surface area contributed by atoms with Crippen LogP contribution in [0.1, 0.15) is 5.56 Å². The van der Waals surface area contributed by atoms with E-state index in [9.17, 15) is 17.2 Å². The van der Waals surface area contributed by atoms with Gasteiger partial charge in [-0.15, -0.1) is 5.10 Å². The fourth-order valence-corrected chi connectivity index (χ4v) is 3.33. The van der Waals surface area contributed by atoms with Crippen LogP contribution < -0.4 is 4.72 Å². The Kier molecular flexibility index (Phi) is 3.97. The second-order valence-corrected chi connectivity index (χ2v) is 6.54. The van der Waals surface area contributed by atoms with Crippen molar-refractivity contribution >= 4 is 15.7 Å². The molecule has 1 N–H and O–H groups in total. The Labute approximate surface area is 136 Å². The molecule has 0 fully saturated rings. The van der Waals surface area contributed by atoms with Gasteiger partial charge in [-0.25, -0.2) is 21.9 Å². The van der Waals surface area contributed by atoms with E-state index in [1.807, 2.05) is 0 Å². The molecule has 10 heteroatoms. The van der Waals surface area contributed by atoms with E-state index >= 15 is 0 Å². The molecular formula is C14H11F2N5O2S. The van der Waals surface area contributed by atoms with Gasteiger partial charge in [0.2, 0.25) is 0 Å². The number of hydrogen-bond acceptors (Lipinski definition) is 5. The number of nitrogens with zero attached hydrogens (tertiary/aromatic N) is 4. The third-order valence-corrected chi connectivity index (χ3v) is 4.73. The highest BCUT2D eigenvalue weighted by Gasteiger charge is 2.21. The molecule has 24 heavy (non-hydrogen) atoms. The summed E-state index contributed by atoms with van der Waals surface area (Å²) in [7, 11) is -4.22. The molecular weight excluding hydrogens is 340 g/mol. The summed E-state index contributed by atoms with van der Waals surface area (Å²) in [6.07, 6.45) is 1.36. The first-order chi connectivity index (χ1) is 11.4. The summed E-state index contributed by atoms with van der Waals surface area (Å²) >= 11 is 0. The van der Waals surface area contributed by atoms with Gasteiger partial charge in [-0.3, -0.25) is 4.72 Å². The van der Waals surface area contributed by atoms with Gasteiger partial charge >= 0.3 is 0 Å². The normalized spacial score (nSPS) is 11.5. The Hall–Kier alpha value is -2.88. The van der Waals surface area contributed by atoms with Crippen molar-refractivity contribution < 1.29 is 17.2 Å². The third kappa shape index (κ3) is 2.95. The van der Waals surface area contributed by atoms with E-state index in [1.54, 1.807) is 19.1 Å². The van der Waals surface area contributed by atoms with Crippen LogP contribution in [0.2, 0.25) is 0 Å². The second kappa shape index (κ2) is 5.96. The molecule has 3 rings (SSSR count). The Bertz CT molecular complexity index is 990. The summed E-state index contributed by atoms with van der Waals surface area (Å²) in [5.41, 5.74) is 1.32. The van der Waals surface area contributed by atoms with Crippen molar-refractivity contribution in [3.05, 3.63) is 59.9 Å². The molecule has 0 bridgehead atoms. The van der Waals surface area contributed by atoms with E-state index in [-0.39, 0.29) is 5.69 Å². The number of anilines is 1. The van der Waals surface area contributed by atoms with Crippen LogP contribution in [-0.2, 0) is 10.0 Å². The van der Waals surface area contributed by atoms with Crippen LogP contribution in [0, 0.1) is 18.6 Å². The van der Waals surface area contributed by atoms with Gasteiger partial charge in [0.15, 0.2) is 0 Å². The fourth-order valence-electron chi connectivity index (χ4n) is 2.15. The van der Waals surface area contributed by atoms with Crippen molar-refractivity contribution in [3.8, 4) is 5.69 Å². The maximum Gasteiger partial charge on any atom is 0.264 e. The highest BCUT2D eigenvalue weighted by atomic mass is 32.2. The molecule has 0 aliphatic rings. The minimum Gasteiger partial charge on any atom is -0.279 e. The fraction of sp³-hybridized carbons (Fsp3) is 0.0714. The van der Waals surface area contributed by atoms with Gasteiger partial charge in [0.25, 0.3) is 10.0 Å². The number of halogens is 2. The Morgan fingerprint density at radius 1 is 1.17 bits per heavy atom. The molecule has 1 heterocycles. The van der Waals surface area contributed by atoms with Crippen LogP contribution in [0.3, 0.4) is 0 Å². The average molecular weight is 351 g/mol. The minimum atomic E-state index is -4.22. The molecule has 2 aromatic carbocycles. The van der Waals surface area contributed by atoms with Gasteiger partial charge in [-0.2, -0.15) is 0 Å². The zero-order valence-corrected chi connectivity index (χ0v) is 13.1. The number of sulfonamides is 1. The molecule has 0 unspecified atom stereocenters. The molecule has 0 amide bonds. The van der Waals surface area contributed by atoms with Crippen LogP contribution in [0.25, 0.3) is 5.69 Å². The average Bonchev–Trinajstić information content (AvgIpc) is 3.03. The number of rotatable bonds is 4. The van der Waals surface area contributed by atoms with Gasteiger partial charge in [-0.05, 0) is 47.2 Å². The summed E-state index contributed by atoms with van der Waals surface area (Å²) in [5.74, 6) is -2.03. The Morgan fingerprint density at radius 2 is 1.96 bits per heavy atom. The van der Waals surface area contributed by atoms with Gasteiger partial charge in [0.1, 0.15) is 22.9 Å². The van der Waals surface area contributed by atoms with Crippen LogP contribution in [-0.4, -0.2) is 28.6 Å². The molecule has 0 radical (unpaired) electrons. The van der Waals surface area contributed by atoms with Crippen molar-refractivity contribution in [3.63, 3.8) is 0 Å².